The molecule has 1 atom stereocenters. The lowest BCUT2D eigenvalue weighted by Gasteiger charge is -2.23. The van der Waals surface area contributed by atoms with E-state index in [0.717, 1.165) is 0 Å². The lowest BCUT2D eigenvalue weighted by atomic mass is 9.97. The summed E-state index contributed by atoms with van der Waals surface area (Å²) >= 11 is 11.9. The van der Waals surface area contributed by atoms with Crippen LogP contribution in [0.5, 0.6) is 0 Å². The summed E-state index contributed by atoms with van der Waals surface area (Å²) in [6.45, 7) is 0. The number of primary amides is 1. The highest BCUT2D eigenvalue weighted by Crippen LogP contribution is 2.33. The van der Waals surface area contributed by atoms with Gasteiger partial charge in [0.25, 0.3) is 0 Å². The van der Waals surface area contributed by atoms with E-state index in [1.807, 2.05) is 0 Å². The number of amides is 1. The topological polar surface area (TPSA) is 61.6 Å². The zero-order chi connectivity index (χ0) is 13.0. The maximum absolute atomic E-state index is 11.5. The van der Waals surface area contributed by atoms with Gasteiger partial charge in [-0.2, -0.15) is 0 Å². The van der Waals surface area contributed by atoms with Crippen LogP contribution >= 0.6 is 23.2 Å². The predicted octanol–water partition coefficient (Wildman–Crippen LogP) is 2.18. The molecule has 0 fully saturated rings. The first-order valence-corrected chi connectivity index (χ1v) is 5.57. The molecule has 6 heteroatoms. The molecule has 0 spiro atoms. The number of carbonyl (C=O) groups is 1. The largest absolute Gasteiger partial charge is 0.369 e. The van der Waals surface area contributed by atoms with E-state index < -0.39 is 18.1 Å². The number of carbonyl (C=O) groups excluding carboxylic acids is 1. The van der Waals surface area contributed by atoms with Crippen LogP contribution in [0.15, 0.2) is 18.2 Å². The van der Waals surface area contributed by atoms with Crippen LogP contribution in [0.4, 0.5) is 0 Å². The van der Waals surface area contributed by atoms with Crippen LogP contribution < -0.4 is 5.73 Å². The van der Waals surface area contributed by atoms with Crippen LogP contribution in [0.25, 0.3) is 0 Å². The Hall–Kier alpha value is -0.810. The molecular weight excluding hydrogens is 265 g/mol. The third-order valence-electron chi connectivity index (χ3n) is 2.36. The molecule has 1 unspecified atom stereocenters. The Kier molecular flexibility index (Phi) is 5.21. The van der Waals surface area contributed by atoms with Gasteiger partial charge in [-0.1, -0.05) is 35.3 Å². The van der Waals surface area contributed by atoms with Crippen LogP contribution in [-0.4, -0.2) is 26.4 Å². The molecule has 0 aliphatic carbocycles. The molecule has 0 aliphatic rings. The van der Waals surface area contributed by atoms with E-state index in [2.05, 4.69) is 0 Å². The zero-order valence-corrected chi connectivity index (χ0v) is 11.0. The van der Waals surface area contributed by atoms with Crippen LogP contribution in [0, 0.1) is 0 Å². The average Bonchev–Trinajstić information content (AvgIpc) is 2.30. The zero-order valence-electron chi connectivity index (χ0n) is 9.44. The van der Waals surface area contributed by atoms with Gasteiger partial charge in [0.15, 0.2) is 6.29 Å². The molecule has 1 amide bonds. The van der Waals surface area contributed by atoms with Gasteiger partial charge in [-0.3, -0.25) is 4.79 Å². The Bertz CT molecular complexity index is 408. The van der Waals surface area contributed by atoms with Crippen LogP contribution in [-0.2, 0) is 14.3 Å². The minimum absolute atomic E-state index is 0.275. The number of methoxy groups -OCH3 is 2. The number of hydrogen-bond donors (Lipinski definition) is 1. The van der Waals surface area contributed by atoms with E-state index in [4.69, 9.17) is 38.4 Å². The summed E-state index contributed by atoms with van der Waals surface area (Å²) in [5.41, 5.74) is 5.83. The van der Waals surface area contributed by atoms with Crippen LogP contribution in [0.2, 0.25) is 10.0 Å². The maximum Gasteiger partial charge on any atom is 0.230 e. The van der Waals surface area contributed by atoms with E-state index in [1.54, 1.807) is 18.2 Å². The summed E-state index contributed by atoms with van der Waals surface area (Å²) in [4.78, 5) is 11.5. The van der Waals surface area contributed by atoms with Crippen molar-refractivity contribution in [2.75, 3.05) is 14.2 Å². The smallest absolute Gasteiger partial charge is 0.230 e. The third-order valence-corrected chi connectivity index (χ3v) is 3.19. The monoisotopic (exact) mass is 277 g/mol. The van der Waals surface area contributed by atoms with Crippen molar-refractivity contribution in [2.24, 2.45) is 5.73 Å². The SMILES string of the molecule is COC(OC)C(C(N)=O)c1cccc(Cl)c1Cl. The number of benzene rings is 1. The molecule has 0 radical (unpaired) electrons. The summed E-state index contributed by atoms with van der Waals surface area (Å²) < 4.78 is 10.1. The molecule has 17 heavy (non-hydrogen) atoms. The second-order valence-electron chi connectivity index (χ2n) is 3.36. The molecule has 1 rings (SSSR count). The normalized spacial score (nSPS) is 12.8. The van der Waals surface area contributed by atoms with Crippen molar-refractivity contribution >= 4 is 29.1 Å². The molecule has 0 aliphatic heterocycles. The Labute approximate surface area is 110 Å². The van der Waals surface area contributed by atoms with E-state index in [0.29, 0.717) is 10.6 Å². The lowest BCUT2D eigenvalue weighted by Crippen LogP contribution is -2.34. The lowest BCUT2D eigenvalue weighted by molar-refractivity contribution is -0.143. The molecular formula is C11H13Cl2NO3. The Morgan fingerprint density at radius 3 is 2.35 bits per heavy atom. The second-order valence-corrected chi connectivity index (χ2v) is 4.15. The minimum Gasteiger partial charge on any atom is -0.369 e. The predicted molar refractivity (Wildman–Crippen MR) is 66.2 cm³/mol. The van der Waals surface area contributed by atoms with Gasteiger partial charge < -0.3 is 15.2 Å². The van der Waals surface area contributed by atoms with Crippen molar-refractivity contribution < 1.29 is 14.3 Å². The number of nitrogens with two attached hydrogens (primary N) is 1. The Morgan fingerprint density at radius 2 is 1.88 bits per heavy atom. The Morgan fingerprint density at radius 1 is 1.29 bits per heavy atom. The van der Waals surface area contributed by atoms with Crippen molar-refractivity contribution in [1.82, 2.24) is 0 Å². The van der Waals surface area contributed by atoms with Crippen LogP contribution in [0.3, 0.4) is 0 Å². The first-order chi connectivity index (χ1) is 8.02. The molecule has 0 saturated carbocycles. The molecule has 1 aromatic carbocycles. The highest BCUT2D eigenvalue weighted by Gasteiger charge is 2.30. The summed E-state index contributed by atoms with van der Waals surface area (Å²) in [6.07, 6.45) is -0.802. The maximum atomic E-state index is 11.5. The van der Waals surface area contributed by atoms with Crippen LogP contribution in [0.1, 0.15) is 11.5 Å². The fourth-order valence-corrected chi connectivity index (χ4v) is 1.99. The van der Waals surface area contributed by atoms with Crippen molar-refractivity contribution in [3.8, 4) is 0 Å². The molecule has 1 aromatic rings. The van der Waals surface area contributed by atoms with Gasteiger partial charge in [-0.15, -0.1) is 0 Å². The third kappa shape index (κ3) is 3.10. The van der Waals surface area contributed by atoms with Gasteiger partial charge in [0.05, 0.1) is 10.0 Å². The molecule has 0 aromatic heterocycles. The molecule has 0 heterocycles. The fourth-order valence-electron chi connectivity index (χ4n) is 1.56. The van der Waals surface area contributed by atoms with E-state index in [9.17, 15) is 4.79 Å². The Balaban J connectivity index is 3.23. The summed E-state index contributed by atoms with van der Waals surface area (Å²) in [7, 11) is 2.84. The van der Waals surface area contributed by atoms with Crippen molar-refractivity contribution in [3.63, 3.8) is 0 Å². The molecule has 94 valence electrons. The fraction of sp³-hybridized carbons (Fsp3) is 0.364. The molecule has 4 nitrogen and oxygen atoms in total. The number of rotatable bonds is 5. The first-order valence-electron chi connectivity index (χ1n) is 4.81. The standard InChI is InChI=1S/C11H13Cl2NO3/c1-16-11(17-2)8(10(14)15)6-4-3-5-7(12)9(6)13/h3-5,8,11H,1-2H3,(H2,14,15). The van der Waals surface area contributed by atoms with Gasteiger partial charge in [0, 0.05) is 14.2 Å². The van der Waals surface area contributed by atoms with Crippen molar-refractivity contribution in [3.05, 3.63) is 33.8 Å². The molecule has 2 N–H and O–H groups in total. The molecule has 0 bridgehead atoms. The van der Waals surface area contributed by atoms with Crippen molar-refractivity contribution in [2.45, 2.75) is 12.2 Å². The van der Waals surface area contributed by atoms with E-state index in [1.165, 1.54) is 14.2 Å². The number of ether oxygens (including phenoxy) is 2. The molecule has 0 saturated heterocycles. The van der Waals surface area contributed by atoms with E-state index >= 15 is 0 Å². The number of halogens is 2. The summed E-state index contributed by atoms with van der Waals surface area (Å²) in [6, 6.07) is 4.97. The van der Waals surface area contributed by atoms with Crippen molar-refractivity contribution in [1.29, 1.82) is 0 Å². The summed E-state index contributed by atoms with van der Waals surface area (Å²) in [5, 5.41) is 0.624. The van der Waals surface area contributed by atoms with Gasteiger partial charge in [0.2, 0.25) is 5.91 Å². The van der Waals surface area contributed by atoms with Gasteiger partial charge in [-0.05, 0) is 11.6 Å². The summed E-state index contributed by atoms with van der Waals surface area (Å²) in [5.74, 6) is -1.40. The minimum atomic E-state index is -0.809. The van der Waals surface area contributed by atoms with E-state index in [-0.39, 0.29) is 5.02 Å². The highest BCUT2D eigenvalue weighted by atomic mass is 35.5. The number of hydrogen-bond acceptors (Lipinski definition) is 3. The quantitative estimate of drug-likeness (QED) is 0.840. The van der Waals surface area contributed by atoms with Gasteiger partial charge >= 0.3 is 0 Å². The highest BCUT2D eigenvalue weighted by molar-refractivity contribution is 6.42. The first kappa shape index (κ1) is 14.3. The average molecular weight is 278 g/mol. The second kappa shape index (κ2) is 6.21. The van der Waals surface area contributed by atoms with Gasteiger partial charge in [-0.25, -0.2) is 0 Å². The van der Waals surface area contributed by atoms with Gasteiger partial charge in [0.1, 0.15) is 5.92 Å².